The third-order valence-electron chi connectivity index (χ3n) is 6.71. The van der Waals surface area contributed by atoms with E-state index in [1.165, 1.54) is 0 Å². The molecule has 0 spiro atoms. The van der Waals surface area contributed by atoms with E-state index < -0.39 is 0 Å². The second-order valence-electron chi connectivity index (χ2n) is 9.39. The minimum atomic E-state index is -0.0844. The molecule has 1 fully saturated rings. The van der Waals surface area contributed by atoms with Crippen molar-refractivity contribution < 1.29 is 14.3 Å². The molecule has 1 unspecified atom stereocenters. The summed E-state index contributed by atoms with van der Waals surface area (Å²) in [5.74, 6) is 0.857. The van der Waals surface area contributed by atoms with Gasteiger partial charge >= 0.3 is 0 Å². The van der Waals surface area contributed by atoms with Crippen molar-refractivity contribution in [2.24, 2.45) is 0 Å². The van der Waals surface area contributed by atoms with Crippen LogP contribution in [0.2, 0.25) is 0 Å². The van der Waals surface area contributed by atoms with Gasteiger partial charge in [-0.3, -0.25) is 9.59 Å². The zero-order chi connectivity index (χ0) is 25.5. The minimum Gasteiger partial charge on any atom is -0.496 e. The fourth-order valence-corrected chi connectivity index (χ4v) is 4.97. The molecule has 1 heterocycles. The monoisotopic (exact) mass is 485 g/mol. The third-order valence-corrected chi connectivity index (χ3v) is 6.71. The Morgan fingerprint density at radius 3 is 2.33 bits per heavy atom. The van der Waals surface area contributed by atoms with E-state index in [1.54, 1.807) is 7.11 Å². The summed E-state index contributed by atoms with van der Waals surface area (Å²) < 4.78 is 5.40. The highest BCUT2D eigenvalue weighted by atomic mass is 16.5. The van der Waals surface area contributed by atoms with Crippen LogP contribution in [0.5, 0.6) is 5.75 Å². The molecule has 1 saturated heterocycles. The molecule has 1 atom stereocenters. The number of hydrogen-bond donors (Lipinski definition) is 1. The van der Waals surface area contributed by atoms with Crippen molar-refractivity contribution in [3.05, 3.63) is 101 Å². The fraction of sp³-hybridized carbons (Fsp3) is 0.333. The molecule has 0 aliphatic carbocycles. The van der Waals surface area contributed by atoms with Crippen LogP contribution in [0.4, 0.5) is 0 Å². The van der Waals surface area contributed by atoms with Crippen LogP contribution in [0.3, 0.4) is 0 Å². The van der Waals surface area contributed by atoms with E-state index in [1.807, 2.05) is 78.2 Å². The van der Waals surface area contributed by atoms with Gasteiger partial charge in [-0.2, -0.15) is 0 Å². The van der Waals surface area contributed by atoms with Gasteiger partial charge in [-0.15, -0.1) is 0 Å². The van der Waals surface area contributed by atoms with Crippen LogP contribution in [0.25, 0.3) is 0 Å². The molecule has 2 amide bonds. The van der Waals surface area contributed by atoms with Gasteiger partial charge < -0.3 is 19.9 Å². The van der Waals surface area contributed by atoms with Crippen molar-refractivity contribution in [3.8, 4) is 5.75 Å². The van der Waals surface area contributed by atoms with Crippen molar-refractivity contribution in [1.29, 1.82) is 0 Å². The van der Waals surface area contributed by atoms with Gasteiger partial charge in [0.2, 0.25) is 5.91 Å². The Labute approximate surface area is 213 Å². The highest BCUT2D eigenvalue weighted by molar-refractivity contribution is 5.95. The van der Waals surface area contributed by atoms with Crippen LogP contribution < -0.4 is 10.1 Å². The molecule has 0 saturated carbocycles. The number of nitrogens with one attached hydrogen (secondary N) is 1. The van der Waals surface area contributed by atoms with E-state index in [9.17, 15) is 9.59 Å². The van der Waals surface area contributed by atoms with Crippen LogP contribution in [-0.2, 0) is 11.3 Å². The van der Waals surface area contributed by atoms with Crippen LogP contribution in [0, 0.1) is 13.8 Å². The summed E-state index contributed by atoms with van der Waals surface area (Å²) in [6.45, 7) is 6.41. The zero-order valence-corrected chi connectivity index (χ0v) is 21.4. The number of nitrogens with zero attached hydrogens (tertiary/aromatic N) is 2. The van der Waals surface area contributed by atoms with Gasteiger partial charge in [-0.05, 0) is 44.0 Å². The molecular formula is C30H35N3O3. The molecule has 1 aliphatic rings. The van der Waals surface area contributed by atoms with Crippen LogP contribution in [0.15, 0.2) is 72.8 Å². The van der Waals surface area contributed by atoms with Gasteiger partial charge in [0, 0.05) is 37.3 Å². The number of para-hydroxylation sites is 1. The van der Waals surface area contributed by atoms with Crippen molar-refractivity contribution in [2.45, 2.75) is 32.9 Å². The molecule has 4 rings (SSSR count). The lowest BCUT2D eigenvalue weighted by molar-refractivity contribution is -0.130. The predicted octanol–water partition coefficient (Wildman–Crippen LogP) is 4.52. The normalized spacial score (nSPS) is 15.9. The lowest BCUT2D eigenvalue weighted by Gasteiger charge is -2.30. The van der Waals surface area contributed by atoms with E-state index in [4.69, 9.17) is 4.74 Å². The first-order valence-electron chi connectivity index (χ1n) is 12.5. The lowest BCUT2D eigenvalue weighted by Crippen LogP contribution is -2.41. The highest BCUT2D eigenvalue weighted by Crippen LogP contribution is 2.29. The van der Waals surface area contributed by atoms with Crippen LogP contribution in [0.1, 0.15) is 45.1 Å². The molecule has 1 aliphatic heterocycles. The maximum atomic E-state index is 13.7. The predicted molar refractivity (Wildman–Crippen MR) is 142 cm³/mol. The summed E-state index contributed by atoms with van der Waals surface area (Å²) in [5.41, 5.74) is 4.95. The highest BCUT2D eigenvalue weighted by Gasteiger charge is 2.31. The molecule has 6 heteroatoms. The average molecular weight is 486 g/mol. The van der Waals surface area contributed by atoms with E-state index in [-0.39, 0.29) is 24.4 Å². The Hall–Kier alpha value is -3.64. The molecular weight excluding hydrogens is 450 g/mol. The number of hydrogen-bond acceptors (Lipinski definition) is 4. The number of aryl methyl sites for hydroxylation is 2. The number of methoxy groups -OCH3 is 1. The summed E-state index contributed by atoms with van der Waals surface area (Å²) in [5, 5.41) is 3.26. The fourth-order valence-electron chi connectivity index (χ4n) is 4.97. The van der Waals surface area contributed by atoms with Crippen molar-refractivity contribution in [1.82, 2.24) is 15.1 Å². The first-order valence-corrected chi connectivity index (χ1v) is 12.5. The second kappa shape index (κ2) is 11.9. The van der Waals surface area contributed by atoms with Gasteiger partial charge in [0.15, 0.2) is 0 Å². The topological polar surface area (TPSA) is 61.9 Å². The quantitative estimate of drug-likeness (QED) is 0.535. The summed E-state index contributed by atoms with van der Waals surface area (Å²) in [6.07, 6.45) is 0.693. The van der Waals surface area contributed by atoms with Crippen LogP contribution >= 0.6 is 0 Å². The molecule has 3 aromatic carbocycles. The molecule has 0 aromatic heterocycles. The molecule has 188 valence electrons. The number of carbonyl (C=O) groups is 2. The smallest absolute Gasteiger partial charge is 0.254 e. The molecule has 1 N–H and O–H groups in total. The van der Waals surface area contributed by atoms with Crippen molar-refractivity contribution in [3.63, 3.8) is 0 Å². The first-order chi connectivity index (χ1) is 17.5. The molecule has 6 nitrogen and oxygen atoms in total. The van der Waals surface area contributed by atoms with Gasteiger partial charge in [-0.1, -0.05) is 65.7 Å². The number of carbonyl (C=O) groups excluding carboxylic acids is 2. The van der Waals surface area contributed by atoms with Gasteiger partial charge in [-0.25, -0.2) is 0 Å². The SMILES string of the molecule is COc1ccccc1CNCC(=O)N1CCC(c2ccccc2)N(C(=O)c2cc(C)cc(C)c2)CC1. The van der Waals surface area contributed by atoms with E-state index in [0.29, 0.717) is 38.2 Å². The number of benzene rings is 3. The number of ether oxygens (including phenoxy) is 1. The summed E-state index contributed by atoms with van der Waals surface area (Å²) >= 11 is 0. The summed E-state index contributed by atoms with van der Waals surface area (Å²) in [4.78, 5) is 30.6. The molecule has 0 bridgehead atoms. The Morgan fingerprint density at radius 1 is 0.917 bits per heavy atom. The molecule has 36 heavy (non-hydrogen) atoms. The summed E-state index contributed by atoms with van der Waals surface area (Å²) in [7, 11) is 1.65. The number of amides is 2. The average Bonchev–Trinajstić information content (AvgIpc) is 3.12. The minimum absolute atomic E-state index is 0.0132. The molecule has 3 aromatic rings. The third kappa shape index (κ3) is 6.13. The van der Waals surface area contributed by atoms with Gasteiger partial charge in [0.25, 0.3) is 5.91 Å². The van der Waals surface area contributed by atoms with E-state index >= 15 is 0 Å². The Morgan fingerprint density at radius 2 is 1.61 bits per heavy atom. The Kier molecular flexibility index (Phi) is 8.39. The maximum Gasteiger partial charge on any atom is 0.254 e. The Bertz CT molecular complexity index is 1170. The van der Waals surface area contributed by atoms with Crippen molar-refractivity contribution >= 4 is 11.8 Å². The van der Waals surface area contributed by atoms with E-state index in [0.717, 1.165) is 28.0 Å². The zero-order valence-electron chi connectivity index (χ0n) is 21.4. The lowest BCUT2D eigenvalue weighted by atomic mass is 10.00. The van der Waals surface area contributed by atoms with Gasteiger partial charge in [0.05, 0.1) is 19.7 Å². The molecule has 0 radical (unpaired) electrons. The largest absolute Gasteiger partial charge is 0.496 e. The van der Waals surface area contributed by atoms with Gasteiger partial charge in [0.1, 0.15) is 5.75 Å². The van der Waals surface area contributed by atoms with Crippen molar-refractivity contribution in [2.75, 3.05) is 33.3 Å². The maximum absolute atomic E-state index is 13.7. The summed E-state index contributed by atoms with van der Waals surface area (Å²) in [6, 6.07) is 23.8. The van der Waals surface area contributed by atoms with E-state index in [2.05, 4.69) is 23.5 Å². The second-order valence-corrected chi connectivity index (χ2v) is 9.39. The standard InChI is InChI=1S/C30H35N3O3/c1-22-17-23(2)19-26(18-22)30(35)33-16-15-32(14-13-27(33)24-9-5-4-6-10-24)29(34)21-31-20-25-11-7-8-12-28(25)36-3/h4-12,17-19,27,31H,13-16,20-21H2,1-3H3. The first kappa shape index (κ1) is 25.5. The van der Waals surface area contributed by atoms with Crippen LogP contribution in [-0.4, -0.2) is 54.9 Å². The number of rotatable bonds is 7. The Balaban J connectivity index is 1.47.